The van der Waals surface area contributed by atoms with Gasteiger partial charge >= 0.3 is 0 Å². The van der Waals surface area contributed by atoms with Crippen LogP contribution in [0.25, 0.3) is 11.1 Å². The molecule has 0 fully saturated rings. The van der Waals surface area contributed by atoms with Crippen LogP contribution in [-0.2, 0) is 13.0 Å². The third-order valence-electron chi connectivity index (χ3n) is 3.30. The normalized spacial score (nSPS) is 10.4. The molecule has 0 aliphatic heterocycles. The highest BCUT2D eigenvalue weighted by Gasteiger charge is 2.02. The molecule has 2 heteroatoms. The summed E-state index contributed by atoms with van der Waals surface area (Å²) >= 11 is 0. The van der Waals surface area contributed by atoms with Crippen molar-refractivity contribution >= 4 is 12.4 Å². The van der Waals surface area contributed by atoms with E-state index >= 15 is 0 Å². The average Bonchev–Trinajstić information content (AvgIpc) is 2.38. The van der Waals surface area contributed by atoms with Crippen molar-refractivity contribution in [2.75, 3.05) is 0 Å². The maximum Gasteiger partial charge on any atom is 0.0178 e. The van der Waals surface area contributed by atoms with Gasteiger partial charge in [0.1, 0.15) is 0 Å². The quantitative estimate of drug-likeness (QED) is 0.864. The van der Waals surface area contributed by atoms with Crippen LogP contribution in [0.3, 0.4) is 0 Å². The fraction of sp³-hybridized carbons (Fsp3) is 0.333. The van der Waals surface area contributed by atoms with Crippen LogP contribution in [0, 0.1) is 12.8 Å². The van der Waals surface area contributed by atoms with Crippen molar-refractivity contribution in [2.24, 2.45) is 11.7 Å². The van der Waals surface area contributed by atoms with Gasteiger partial charge in [0.05, 0.1) is 0 Å². The predicted molar refractivity (Wildman–Crippen MR) is 90.3 cm³/mol. The number of hydrogen-bond acceptors (Lipinski definition) is 1. The molecule has 0 saturated heterocycles. The van der Waals surface area contributed by atoms with Crippen LogP contribution in [-0.4, -0.2) is 0 Å². The van der Waals surface area contributed by atoms with Gasteiger partial charge in [-0.3, -0.25) is 0 Å². The Labute approximate surface area is 128 Å². The molecule has 0 unspecified atom stereocenters. The molecule has 2 rings (SSSR count). The Hall–Kier alpha value is -1.31. The molecule has 0 atom stereocenters. The predicted octanol–water partition coefficient (Wildman–Crippen LogP) is 4.74. The first-order valence-electron chi connectivity index (χ1n) is 6.98. The number of halogens is 1. The number of rotatable bonds is 4. The van der Waals surface area contributed by atoms with Crippen LogP contribution in [0.4, 0.5) is 0 Å². The van der Waals surface area contributed by atoms with E-state index in [1.807, 2.05) is 0 Å². The van der Waals surface area contributed by atoms with Crippen LogP contribution < -0.4 is 5.73 Å². The zero-order chi connectivity index (χ0) is 13.8. The van der Waals surface area contributed by atoms with Crippen molar-refractivity contribution in [3.05, 3.63) is 59.2 Å². The van der Waals surface area contributed by atoms with E-state index in [1.54, 1.807) is 0 Å². The topological polar surface area (TPSA) is 26.0 Å². The van der Waals surface area contributed by atoms with E-state index < -0.39 is 0 Å². The Bertz CT molecular complexity index is 544. The monoisotopic (exact) mass is 289 g/mol. The Kier molecular flexibility index (Phi) is 6.25. The van der Waals surface area contributed by atoms with Gasteiger partial charge in [-0.25, -0.2) is 0 Å². The minimum Gasteiger partial charge on any atom is -0.326 e. The molecule has 0 aliphatic rings. The van der Waals surface area contributed by atoms with Gasteiger partial charge in [0.2, 0.25) is 0 Å². The van der Waals surface area contributed by atoms with Crippen molar-refractivity contribution in [1.29, 1.82) is 0 Å². The maximum atomic E-state index is 5.74. The van der Waals surface area contributed by atoms with Crippen molar-refractivity contribution < 1.29 is 0 Å². The van der Waals surface area contributed by atoms with E-state index in [4.69, 9.17) is 5.73 Å². The Morgan fingerprint density at radius 1 is 0.900 bits per heavy atom. The molecule has 0 bridgehead atoms. The molecule has 0 aromatic heterocycles. The van der Waals surface area contributed by atoms with Crippen LogP contribution in [0.15, 0.2) is 42.5 Å². The van der Waals surface area contributed by atoms with E-state index in [-0.39, 0.29) is 12.4 Å². The summed E-state index contributed by atoms with van der Waals surface area (Å²) < 4.78 is 0. The molecular weight excluding hydrogens is 266 g/mol. The maximum absolute atomic E-state index is 5.74. The first kappa shape index (κ1) is 16.7. The summed E-state index contributed by atoms with van der Waals surface area (Å²) in [4.78, 5) is 0. The summed E-state index contributed by atoms with van der Waals surface area (Å²) in [5, 5.41) is 0. The molecule has 0 radical (unpaired) electrons. The third kappa shape index (κ3) is 4.36. The standard InChI is InChI=1S/C18H23N.ClH/c1-13(2)8-15-4-6-17(7-5-15)18-10-14(3)9-16(11-18)12-19;/h4-7,9-11,13H,8,12,19H2,1-3H3;1H. The molecule has 0 spiro atoms. The molecule has 108 valence electrons. The molecule has 20 heavy (non-hydrogen) atoms. The highest BCUT2D eigenvalue weighted by atomic mass is 35.5. The minimum absolute atomic E-state index is 0. The van der Waals surface area contributed by atoms with Gasteiger partial charge < -0.3 is 5.73 Å². The summed E-state index contributed by atoms with van der Waals surface area (Å²) in [6.45, 7) is 7.22. The first-order valence-corrected chi connectivity index (χ1v) is 6.98. The van der Waals surface area contributed by atoms with Gasteiger partial charge in [-0.15, -0.1) is 12.4 Å². The molecule has 0 aliphatic carbocycles. The van der Waals surface area contributed by atoms with E-state index in [9.17, 15) is 0 Å². The lowest BCUT2D eigenvalue weighted by Crippen LogP contribution is -1.97. The largest absolute Gasteiger partial charge is 0.326 e. The summed E-state index contributed by atoms with van der Waals surface area (Å²) in [6, 6.07) is 15.5. The first-order chi connectivity index (χ1) is 9.08. The van der Waals surface area contributed by atoms with E-state index in [0.717, 1.165) is 6.42 Å². The molecule has 1 nitrogen and oxygen atoms in total. The highest BCUT2D eigenvalue weighted by Crippen LogP contribution is 2.23. The Morgan fingerprint density at radius 2 is 1.55 bits per heavy atom. The number of nitrogens with two attached hydrogens (primary N) is 1. The Balaban J connectivity index is 0.00000200. The SMILES string of the molecule is Cc1cc(CN)cc(-c2ccc(CC(C)C)cc2)c1.Cl. The van der Waals surface area contributed by atoms with E-state index in [1.165, 1.54) is 27.8 Å². The highest BCUT2D eigenvalue weighted by molar-refractivity contribution is 5.85. The third-order valence-corrected chi connectivity index (χ3v) is 3.30. The van der Waals surface area contributed by atoms with Crippen molar-refractivity contribution in [1.82, 2.24) is 0 Å². The number of aryl methyl sites for hydroxylation is 1. The summed E-state index contributed by atoms with van der Waals surface area (Å²) in [7, 11) is 0. The van der Waals surface area contributed by atoms with Crippen LogP contribution in [0.2, 0.25) is 0 Å². The lowest BCUT2D eigenvalue weighted by molar-refractivity contribution is 0.647. The van der Waals surface area contributed by atoms with Gasteiger partial charge in [-0.05, 0) is 47.6 Å². The molecule has 2 aromatic rings. The lowest BCUT2D eigenvalue weighted by atomic mass is 9.97. The fourth-order valence-corrected chi connectivity index (χ4v) is 2.45. The van der Waals surface area contributed by atoms with Crippen molar-refractivity contribution in [3.8, 4) is 11.1 Å². The summed E-state index contributed by atoms with van der Waals surface area (Å²) in [5.41, 5.74) is 12.1. The molecule has 0 saturated carbocycles. The van der Waals surface area contributed by atoms with Crippen molar-refractivity contribution in [2.45, 2.75) is 33.7 Å². The van der Waals surface area contributed by atoms with E-state index in [2.05, 4.69) is 63.2 Å². The smallest absolute Gasteiger partial charge is 0.0178 e. The molecule has 0 heterocycles. The number of hydrogen-bond donors (Lipinski definition) is 1. The average molecular weight is 290 g/mol. The van der Waals surface area contributed by atoms with Crippen LogP contribution >= 0.6 is 12.4 Å². The van der Waals surface area contributed by atoms with Gasteiger partial charge in [0, 0.05) is 6.54 Å². The van der Waals surface area contributed by atoms with Crippen LogP contribution in [0.5, 0.6) is 0 Å². The molecule has 2 aromatic carbocycles. The second-order valence-electron chi connectivity index (χ2n) is 5.71. The van der Waals surface area contributed by atoms with Gasteiger partial charge in [0.15, 0.2) is 0 Å². The summed E-state index contributed by atoms with van der Waals surface area (Å²) in [5.74, 6) is 0.702. The summed E-state index contributed by atoms with van der Waals surface area (Å²) in [6.07, 6.45) is 1.14. The second kappa shape index (κ2) is 7.47. The molecule has 0 amide bonds. The molecular formula is C18H24ClN. The molecule has 2 N–H and O–H groups in total. The zero-order valence-electron chi connectivity index (χ0n) is 12.5. The van der Waals surface area contributed by atoms with Crippen LogP contribution in [0.1, 0.15) is 30.5 Å². The number of benzene rings is 2. The van der Waals surface area contributed by atoms with Gasteiger partial charge in [0.25, 0.3) is 0 Å². The minimum atomic E-state index is 0. The van der Waals surface area contributed by atoms with Gasteiger partial charge in [-0.2, -0.15) is 0 Å². The zero-order valence-corrected chi connectivity index (χ0v) is 13.3. The Morgan fingerprint density at radius 3 is 2.10 bits per heavy atom. The second-order valence-corrected chi connectivity index (χ2v) is 5.71. The van der Waals surface area contributed by atoms with E-state index in [0.29, 0.717) is 12.5 Å². The van der Waals surface area contributed by atoms with Crippen molar-refractivity contribution in [3.63, 3.8) is 0 Å². The van der Waals surface area contributed by atoms with Gasteiger partial charge in [-0.1, -0.05) is 55.8 Å². The lowest BCUT2D eigenvalue weighted by Gasteiger charge is -2.09. The fourth-order valence-electron chi connectivity index (χ4n) is 2.45.